The van der Waals surface area contributed by atoms with Crippen LogP contribution in [0.25, 0.3) is 22.0 Å². The molecule has 1 amide bonds. The number of hydrogen-bond donors (Lipinski definition) is 1. The van der Waals surface area contributed by atoms with Gasteiger partial charge in [-0.1, -0.05) is 24.3 Å². The lowest BCUT2D eigenvalue weighted by Gasteiger charge is -2.21. The summed E-state index contributed by atoms with van der Waals surface area (Å²) < 4.78 is 11.4. The number of furan rings is 1. The van der Waals surface area contributed by atoms with Crippen LogP contribution in [-0.4, -0.2) is 54.1 Å². The van der Waals surface area contributed by atoms with Crippen LogP contribution in [0, 0.1) is 6.92 Å². The maximum absolute atomic E-state index is 13.3. The average molecular weight is 404 g/mol. The Morgan fingerprint density at radius 3 is 2.80 bits per heavy atom. The quantitative estimate of drug-likeness (QED) is 0.559. The molecule has 1 N–H and O–H groups in total. The van der Waals surface area contributed by atoms with E-state index in [1.54, 1.807) is 7.11 Å². The number of amides is 1. The summed E-state index contributed by atoms with van der Waals surface area (Å²) >= 11 is 0. The fourth-order valence-electron chi connectivity index (χ4n) is 4.15. The molecule has 0 saturated carbocycles. The first-order chi connectivity index (χ1) is 14.7. The van der Waals surface area contributed by atoms with Crippen LogP contribution in [0.2, 0.25) is 0 Å². The van der Waals surface area contributed by atoms with Crippen LogP contribution in [0.4, 0.5) is 5.95 Å². The normalized spacial score (nSPS) is 15.0. The Balaban J connectivity index is 1.37. The molecule has 1 fully saturated rings. The third-order valence-corrected chi connectivity index (χ3v) is 5.80. The molecule has 0 spiro atoms. The second-order valence-corrected chi connectivity index (χ2v) is 7.60. The summed E-state index contributed by atoms with van der Waals surface area (Å²) in [5.74, 6) is 1.82. The second-order valence-electron chi connectivity index (χ2n) is 7.60. The van der Waals surface area contributed by atoms with Gasteiger partial charge in [0.25, 0.3) is 5.91 Å². The molecule has 2 aromatic carbocycles. The molecule has 7 nitrogen and oxygen atoms in total. The van der Waals surface area contributed by atoms with E-state index in [4.69, 9.17) is 14.1 Å². The highest BCUT2D eigenvalue weighted by Gasteiger charge is 2.27. The number of imidazole rings is 1. The zero-order valence-corrected chi connectivity index (χ0v) is 17.1. The Morgan fingerprint density at radius 1 is 1.10 bits per heavy atom. The number of H-pyrrole nitrogens is 1. The molecule has 0 unspecified atom stereocenters. The van der Waals surface area contributed by atoms with Crippen molar-refractivity contribution in [2.45, 2.75) is 13.3 Å². The molecule has 3 heterocycles. The molecular weight excluding hydrogens is 380 g/mol. The van der Waals surface area contributed by atoms with Crippen molar-refractivity contribution in [2.75, 3.05) is 38.2 Å². The number of rotatable bonds is 3. The number of methoxy groups -OCH3 is 1. The van der Waals surface area contributed by atoms with Crippen molar-refractivity contribution in [1.82, 2.24) is 14.9 Å². The standard InChI is InChI=1S/C23H24N4O3/c1-15-16-7-5-10-19(29-2)21(16)30-20(15)22(28)26-11-6-12-27(14-13-26)23-24-17-8-3-4-9-18(17)25-23/h3-5,7-10H,6,11-14H2,1-2H3,(H,24,25). The van der Waals surface area contributed by atoms with Gasteiger partial charge in [0.1, 0.15) is 0 Å². The number of ether oxygens (including phenoxy) is 1. The molecule has 4 aromatic rings. The number of aromatic nitrogens is 2. The van der Waals surface area contributed by atoms with E-state index in [2.05, 4.69) is 9.88 Å². The number of carbonyl (C=O) groups excluding carboxylic acids is 1. The smallest absolute Gasteiger partial charge is 0.289 e. The Kier molecular flexibility index (Phi) is 4.58. The number of carbonyl (C=O) groups is 1. The number of hydrogen-bond acceptors (Lipinski definition) is 5. The van der Waals surface area contributed by atoms with Crippen LogP contribution in [0.3, 0.4) is 0 Å². The minimum Gasteiger partial charge on any atom is -0.493 e. The van der Waals surface area contributed by atoms with E-state index in [0.29, 0.717) is 36.7 Å². The number of anilines is 1. The molecule has 1 saturated heterocycles. The Morgan fingerprint density at radius 2 is 1.97 bits per heavy atom. The van der Waals surface area contributed by atoms with Gasteiger partial charge in [0.2, 0.25) is 5.95 Å². The van der Waals surface area contributed by atoms with Crippen molar-refractivity contribution in [3.63, 3.8) is 0 Å². The molecule has 30 heavy (non-hydrogen) atoms. The van der Waals surface area contributed by atoms with Gasteiger partial charge in [-0.05, 0) is 31.5 Å². The number of benzene rings is 2. The molecule has 2 aromatic heterocycles. The van der Waals surface area contributed by atoms with Gasteiger partial charge in [-0.3, -0.25) is 4.79 Å². The van der Waals surface area contributed by atoms with E-state index < -0.39 is 0 Å². The third kappa shape index (κ3) is 3.07. The topological polar surface area (TPSA) is 74.6 Å². The first-order valence-corrected chi connectivity index (χ1v) is 10.2. The maximum atomic E-state index is 13.3. The lowest BCUT2D eigenvalue weighted by molar-refractivity contribution is 0.0736. The van der Waals surface area contributed by atoms with Crippen molar-refractivity contribution >= 4 is 33.9 Å². The van der Waals surface area contributed by atoms with E-state index >= 15 is 0 Å². The van der Waals surface area contributed by atoms with Crippen molar-refractivity contribution in [2.24, 2.45) is 0 Å². The minimum atomic E-state index is -0.0720. The van der Waals surface area contributed by atoms with Gasteiger partial charge < -0.3 is 23.9 Å². The fraction of sp³-hybridized carbons (Fsp3) is 0.304. The summed E-state index contributed by atoms with van der Waals surface area (Å²) in [7, 11) is 1.61. The van der Waals surface area contributed by atoms with E-state index in [0.717, 1.165) is 40.9 Å². The zero-order valence-electron chi connectivity index (χ0n) is 17.1. The first kappa shape index (κ1) is 18.5. The SMILES string of the molecule is COc1cccc2c(C)c(C(=O)N3CCCN(c4nc5ccccc5[nH]4)CC3)oc12. The summed E-state index contributed by atoms with van der Waals surface area (Å²) in [4.78, 5) is 25.5. The number of aromatic amines is 1. The second kappa shape index (κ2) is 7.40. The lowest BCUT2D eigenvalue weighted by atomic mass is 10.1. The van der Waals surface area contributed by atoms with Crippen molar-refractivity contribution < 1.29 is 13.9 Å². The predicted molar refractivity (Wildman–Crippen MR) is 116 cm³/mol. The first-order valence-electron chi connectivity index (χ1n) is 10.2. The summed E-state index contributed by atoms with van der Waals surface area (Å²) in [5, 5.41) is 0.913. The predicted octanol–water partition coefficient (Wildman–Crippen LogP) is 3.98. The molecule has 154 valence electrons. The van der Waals surface area contributed by atoms with E-state index in [1.165, 1.54) is 0 Å². The molecule has 0 bridgehead atoms. The van der Waals surface area contributed by atoms with Crippen LogP contribution < -0.4 is 9.64 Å². The highest BCUT2D eigenvalue weighted by molar-refractivity contribution is 6.00. The number of aryl methyl sites for hydroxylation is 1. The van der Waals surface area contributed by atoms with Crippen LogP contribution in [-0.2, 0) is 0 Å². The summed E-state index contributed by atoms with van der Waals surface area (Å²) in [6.07, 6.45) is 0.866. The highest BCUT2D eigenvalue weighted by atomic mass is 16.5. The van der Waals surface area contributed by atoms with E-state index in [9.17, 15) is 4.79 Å². The maximum Gasteiger partial charge on any atom is 0.289 e. The largest absolute Gasteiger partial charge is 0.493 e. The fourth-order valence-corrected chi connectivity index (χ4v) is 4.15. The van der Waals surface area contributed by atoms with Crippen LogP contribution in [0.5, 0.6) is 5.75 Å². The van der Waals surface area contributed by atoms with Crippen molar-refractivity contribution in [3.05, 3.63) is 53.8 Å². The van der Waals surface area contributed by atoms with Gasteiger partial charge >= 0.3 is 0 Å². The van der Waals surface area contributed by atoms with Crippen LogP contribution >= 0.6 is 0 Å². The molecule has 1 aliphatic rings. The van der Waals surface area contributed by atoms with E-state index in [-0.39, 0.29) is 5.91 Å². The average Bonchev–Trinajstić information content (AvgIpc) is 3.25. The Labute approximate surface area is 174 Å². The molecule has 7 heteroatoms. The Bertz CT molecular complexity index is 1190. The molecule has 0 aliphatic carbocycles. The molecular formula is C23H24N4O3. The monoisotopic (exact) mass is 404 g/mol. The molecule has 0 atom stereocenters. The van der Waals surface area contributed by atoms with Gasteiger partial charge in [0.05, 0.1) is 18.1 Å². The van der Waals surface area contributed by atoms with Gasteiger partial charge in [-0.25, -0.2) is 4.98 Å². The minimum absolute atomic E-state index is 0.0720. The molecule has 5 rings (SSSR count). The van der Waals surface area contributed by atoms with Crippen LogP contribution in [0.15, 0.2) is 46.9 Å². The molecule has 1 aliphatic heterocycles. The summed E-state index contributed by atoms with van der Waals surface area (Å²) in [6.45, 7) is 4.79. The highest BCUT2D eigenvalue weighted by Crippen LogP contribution is 2.33. The van der Waals surface area contributed by atoms with Gasteiger partial charge in [-0.2, -0.15) is 0 Å². The van der Waals surface area contributed by atoms with Gasteiger partial charge in [0, 0.05) is 37.1 Å². The van der Waals surface area contributed by atoms with Gasteiger partial charge in [-0.15, -0.1) is 0 Å². The number of nitrogens with one attached hydrogen (secondary N) is 1. The van der Waals surface area contributed by atoms with Gasteiger partial charge in [0.15, 0.2) is 17.1 Å². The number of nitrogens with zero attached hydrogens (tertiary/aromatic N) is 3. The van der Waals surface area contributed by atoms with Crippen molar-refractivity contribution in [3.8, 4) is 5.75 Å². The van der Waals surface area contributed by atoms with E-state index in [1.807, 2.05) is 54.3 Å². The number of fused-ring (bicyclic) bond motifs is 2. The zero-order chi connectivity index (χ0) is 20.7. The van der Waals surface area contributed by atoms with Crippen molar-refractivity contribution in [1.29, 1.82) is 0 Å². The molecule has 0 radical (unpaired) electrons. The summed E-state index contributed by atoms with van der Waals surface area (Å²) in [5.41, 5.74) is 3.46. The Hall–Kier alpha value is -3.48. The van der Waals surface area contributed by atoms with Crippen LogP contribution in [0.1, 0.15) is 22.5 Å². The third-order valence-electron chi connectivity index (χ3n) is 5.80. The lowest BCUT2D eigenvalue weighted by Crippen LogP contribution is -2.35. The summed E-state index contributed by atoms with van der Waals surface area (Å²) in [6, 6.07) is 13.7. The number of para-hydroxylation sites is 3.